The molecule has 4 heteroatoms. The Kier molecular flexibility index (Phi) is 6.69. The van der Waals surface area contributed by atoms with Crippen LogP contribution in [-0.4, -0.2) is 24.1 Å². The molecule has 118 valence electrons. The number of nitrogens with two attached hydrogens (primary N) is 1. The zero-order chi connectivity index (χ0) is 15.9. The Morgan fingerprint density at radius 1 is 1.29 bits per heavy atom. The van der Waals surface area contributed by atoms with E-state index < -0.39 is 6.10 Å². The third-order valence-corrected chi connectivity index (χ3v) is 4.05. The van der Waals surface area contributed by atoms with Crippen molar-refractivity contribution in [2.45, 2.75) is 58.6 Å². The van der Waals surface area contributed by atoms with Crippen molar-refractivity contribution >= 4 is 5.91 Å². The fourth-order valence-electron chi connectivity index (χ4n) is 2.04. The Hall–Kier alpha value is -1.55. The van der Waals surface area contributed by atoms with E-state index in [1.165, 1.54) is 0 Å². The number of para-hydroxylation sites is 1. The van der Waals surface area contributed by atoms with Gasteiger partial charge in [-0.05, 0) is 37.8 Å². The van der Waals surface area contributed by atoms with Gasteiger partial charge in [-0.1, -0.05) is 39.0 Å². The number of carbonyl (C=O) groups is 1. The number of benzene rings is 1. The van der Waals surface area contributed by atoms with E-state index in [0.717, 1.165) is 24.2 Å². The topological polar surface area (TPSA) is 64.3 Å². The van der Waals surface area contributed by atoms with Gasteiger partial charge in [0.1, 0.15) is 5.75 Å². The van der Waals surface area contributed by atoms with Crippen molar-refractivity contribution in [3.05, 3.63) is 29.8 Å². The van der Waals surface area contributed by atoms with Crippen molar-refractivity contribution in [1.29, 1.82) is 0 Å². The number of carbonyl (C=O) groups excluding carboxylic acids is 1. The minimum absolute atomic E-state index is 0.0996. The predicted octanol–water partition coefficient (Wildman–Crippen LogP) is 2.79. The second kappa shape index (κ2) is 8.03. The van der Waals surface area contributed by atoms with Gasteiger partial charge in [0.2, 0.25) is 0 Å². The smallest absolute Gasteiger partial charge is 0.261 e. The van der Waals surface area contributed by atoms with Crippen molar-refractivity contribution in [2.75, 3.05) is 6.54 Å². The van der Waals surface area contributed by atoms with Crippen LogP contribution in [0.15, 0.2) is 24.3 Å². The summed E-state index contributed by atoms with van der Waals surface area (Å²) >= 11 is 0. The molecular formula is C17H28N2O2. The summed E-state index contributed by atoms with van der Waals surface area (Å²) in [5.74, 6) is 0.655. The summed E-state index contributed by atoms with van der Waals surface area (Å²) in [6.45, 7) is 8.47. The van der Waals surface area contributed by atoms with Crippen LogP contribution in [0, 0.1) is 6.92 Å². The maximum atomic E-state index is 12.3. The number of aryl methyl sites for hydroxylation is 1. The number of amides is 1. The van der Waals surface area contributed by atoms with Gasteiger partial charge in [0.25, 0.3) is 5.91 Å². The molecule has 21 heavy (non-hydrogen) atoms. The summed E-state index contributed by atoms with van der Waals surface area (Å²) in [5.41, 5.74) is 6.90. The van der Waals surface area contributed by atoms with E-state index in [2.05, 4.69) is 5.32 Å². The van der Waals surface area contributed by atoms with E-state index in [9.17, 15) is 4.79 Å². The second-order valence-corrected chi connectivity index (χ2v) is 5.57. The Labute approximate surface area is 128 Å². The molecule has 0 saturated heterocycles. The fraction of sp³-hybridized carbons (Fsp3) is 0.588. The zero-order valence-corrected chi connectivity index (χ0v) is 13.6. The van der Waals surface area contributed by atoms with Gasteiger partial charge >= 0.3 is 0 Å². The molecule has 1 rings (SSSR count). The molecule has 0 saturated carbocycles. The van der Waals surface area contributed by atoms with Crippen LogP contribution in [0.1, 0.15) is 45.6 Å². The average molecular weight is 292 g/mol. The Bertz CT molecular complexity index is 456. The summed E-state index contributed by atoms with van der Waals surface area (Å²) < 4.78 is 5.84. The Morgan fingerprint density at radius 3 is 2.43 bits per heavy atom. The van der Waals surface area contributed by atoms with E-state index in [1.54, 1.807) is 0 Å². The highest BCUT2D eigenvalue weighted by molar-refractivity contribution is 5.81. The lowest BCUT2D eigenvalue weighted by molar-refractivity contribution is -0.128. The van der Waals surface area contributed by atoms with Crippen molar-refractivity contribution in [2.24, 2.45) is 5.73 Å². The van der Waals surface area contributed by atoms with Crippen LogP contribution in [0.5, 0.6) is 5.75 Å². The summed E-state index contributed by atoms with van der Waals surface area (Å²) in [5, 5.41) is 2.93. The minimum atomic E-state index is -0.482. The van der Waals surface area contributed by atoms with Gasteiger partial charge in [-0.15, -0.1) is 0 Å². The predicted molar refractivity (Wildman–Crippen MR) is 86.4 cm³/mol. The number of hydrogen-bond acceptors (Lipinski definition) is 3. The van der Waals surface area contributed by atoms with Crippen molar-refractivity contribution in [3.8, 4) is 5.75 Å². The van der Waals surface area contributed by atoms with Crippen LogP contribution in [0.4, 0.5) is 0 Å². The first-order valence-electron chi connectivity index (χ1n) is 7.74. The molecule has 0 aromatic heterocycles. The lowest BCUT2D eigenvalue weighted by atomic mass is 9.94. The van der Waals surface area contributed by atoms with Gasteiger partial charge in [-0.25, -0.2) is 0 Å². The number of hydrogen-bond donors (Lipinski definition) is 2. The van der Waals surface area contributed by atoms with Crippen LogP contribution in [0.3, 0.4) is 0 Å². The normalized spacial score (nSPS) is 12.8. The van der Waals surface area contributed by atoms with E-state index in [0.29, 0.717) is 13.0 Å². The standard InChI is InChI=1S/C17H28N2O2/c1-5-14(21-15-11-9-8-10-13(15)4)16(20)19-12-17(18,6-2)7-3/h8-11,14H,5-7,12,18H2,1-4H3,(H,19,20). The molecule has 0 aliphatic rings. The van der Waals surface area contributed by atoms with Gasteiger partial charge < -0.3 is 15.8 Å². The van der Waals surface area contributed by atoms with Crippen molar-refractivity contribution in [3.63, 3.8) is 0 Å². The molecule has 0 spiro atoms. The van der Waals surface area contributed by atoms with Crippen LogP contribution < -0.4 is 15.8 Å². The van der Waals surface area contributed by atoms with Gasteiger partial charge in [-0.2, -0.15) is 0 Å². The van der Waals surface area contributed by atoms with Gasteiger partial charge in [-0.3, -0.25) is 4.79 Å². The molecule has 0 aliphatic carbocycles. The van der Waals surface area contributed by atoms with Crippen LogP contribution in [0.2, 0.25) is 0 Å². The lowest BCUT2D eigenvalue weighted by Crippen LogP contribution is -2.51. The van der Waals surface area contributed by atoms with Crippen LogP contribution >= 0.6 is 0 Å². The first-order chi connectivity index (χ1) is 9.95. The van der Waals surface area contributed by atoms with E-state index in [4.69, 9.17) is 10.5 Å². The summed E-state index contributed by atoms with van der Waals surface area (Å²) in [7, 11) is 0. The number of nitrogens with one attached hydrogen (secondary N) is 1. The maximum absolute atomic E-state index is 12.3. The summed E-state index contributed by atoms with van der Waals surface area (Å²) in [6, 6.07) is 7.72. The number of rotatable bonds is 8. The van der Waals surface area contributed by atoms with E-state index >= 15 is 0 Å². The molecule has 1 atom stereocenters. The molecule has 0 heterocycles. The van der Waals surface area contributed by atoms with E-state index in [1.807, 2.05) is 52.0 Å². The second-order valence-electron chi connectivity index (χ2n) is 5.57. The molecule has 1 aromatic carbocycles. The molecule has 1 aromatic rings. The zero-order valence-electron chi connectivity index (χ0n) is 13.6. The first kappa shape index (κ1) is 17.5. The quantitative estimate of drug-likeness (QED) is 0.774. The molecular weight excluding hydrogens is 264 g/mol. The SMILES string of the molecule is CCC(Oc1ccccc1C)C(=O)NCC(N)(CC)CC. The first-order valence-corrected chi connectivity index (χ1v) is 7.74. The molecule has 1 unspecified atom stereocenters. The molecule has 3 N–H and O–H groups in total. The maximum Gasteiger partial charge on any atom is 0.261 e. The number of ether oxygens (including phenoxy) is 1. The minimum Gasteiger partial charge on any atom is -0.480 e. The van der Waals surface area contributed by atoms with Gasteiger partial charge in [0, 0.05) is 12.1 Å². The molecule has 1 amide bonds. The summed E-state index contributed by atoms with van der Waals surface area (Å²) in [6.07, 6.45) is 1.80. The Morgan fingerprint density at radius 2 is 1.90 bits per heavy atom. The average Bonchev–Trinajstić information content (AvgIpc) is 2.51. The largest absolute Gasteiger partial charge is 0.480 e. The van der Waals surface area contributed by atoms with Crippen molar-refractivity contribution < 1.29 is 9.53 Å². The fourth-order valence-corrected chi connectivity index (χ4v) is 2.04. The van der Waals surface area contributed by atoms with Crippen LogP contribution in [-0.2, 0) is 4.79 Å². The molecule has 0 radical (unpaired) electrons. The highest BCUT2D eigenvalue weighted by Crippen LogP contribution is 2.19. The third kappa shape index (κ3) is 5.05. The highest BCUT2D eigenvalue weighted by Gasteiger charge is 2.24. The lowest BCUT2D eigenvalue weighted by Gasteiger charge is -2.28. The van der Waals surface area contributed by atoms with E-state index in [-0.39, 0.29) is 11.4 Å². The summed E-state index contributed by atoms with van der Waals surface area (Å²) in [4.78, 5) is 12.3. The van der Waals surface area contributed by atoms with Gasteiger partial charge in [0.05, 0.1) is 0 Å². The van der Waals surface area contributed by atoms with Crippen molar-refractivity contribution in [1.82, 2.24) is 5.32 Å². The third-order valence-electron chi connectivity index (χ3n) is 4.05. The van der Waals surface area contributed by atoms with Crippen LogP contribution in [0.25, 0.3) is 0 Å². The molecule has 0 fully saturated rings. The monoisotopic (exact) mass is 292 g/mol. The Balaban J connectivity index is 2.64. The molecule has 4 nitrogen and oxygen atoms in total. The molecule has 0 aliphatic heterocycles. The highest BCUT2D eigenvalue weighted by atomic mass is 16.5. The molecule has 0 bridgehead atoms. The van der Waals surface area contributed by atoms with Gasteiger partial charge in [0.15, 0.2) is 6.10 Å².